The lowest BCUT2D eigenvalue weighted by Gasteiger charge is -2.29. The first-order chi connectivity index (χ1) is 16.0. The van der Waals surface area contributed by atoms with Gasteiger partial charge in [-0.3, -0.25) is 14.2 Å². The predicted octanol–water partition coefficient (Wildman–Crippen LogP) is 2.92. The quantitative estimate of drug-likeness (QED) is 0.483. The SMILES string of the molecule is CCNc1cc2c(cn1)c(-c1cnn(C)c1)nn2C1CCC(Oc2ccc(=O)n(C)n2)CC1. The minimum absolute atomic E-state index is 0.0739. The van der Waals surface area contributed by atoms with Gasteiger partial charge >= 0.3 is 0 Å². The van der Waals surface area contributed by atoms with Gasteiger partial charge in [-0.15, -0.1) is 5.10 Å². The average Bonchev–Trinajstić information content (AvgIpc) is 3.40. The molecular formula is C23H28N8O2. The Labute approximate surface area is 191 Å². The van der Waals surface area contributed by atoms with E-state index in [4.69, 9.17) is 9.84 Å². The van der Waals surface area contributed by atoms with Crippen LogP contribution in [0.4, 0.5) is 5.82 Å². The lowest BCUT2D eigenvalue weighted by Crippen LogP contribution is -2.27. The highest BCUT2D eigenvalue weighted by molar-refractivity contribution is 5.93. The van der Waals surface area contributed by atoms with Gasteiger partial charge in [-0.1, -0.05) is 0 Å². The van der Waals surface area contributed by atoms with E-state index in [9.17, 15) is 4.79 Å². The summed E-state index contributed by atoms with van der Waals surface area (Å²) in [7, 11) is 3.54. The van der Waals surface area contributed by atoms with Gasteiger partial charge in [-0.2, -0.15) is 10.2 Å². The van der Waals surface area contributed by atoms with E-state index in [1.54, 1.807) is 17.8 Å². The number of hydrogen-bond acceptors (Lipinski definition) is 7. The van der Waals surface area contributed by atoms with Crippen LogP contribution in [-0.4, -0.2) is 47.0 Å². The molecule has 0 radical (unpaired) electrons. The molecule has 4 aromatic heterocycles. The van der Waals surface area contributed by atoms with Crippen LogP contribution in [-0.2, 0) is 14.1 Å². The standard InChI is InChI=1S/C23H28N8O2/c1-4-24-20-11-19-18(13-25-20)23(15-12-26-29(2)14-15)28-31(19)16-5-7-17(8-6-16)33-21-9-10-22(32)30(3)27-21/h9-14,16-17H,4-8H2,1-3H3,(H,24,25). The molecule has 10 nitrogen and oxygen atoms in total. The van der Waals surface area contributed by atoms with E-state index in [-0.39, 0.29) is 17.7 Å². The summed E-state index contributed by atoms with van der Waals surface area (Å²) in [6.07, 6.45) is 9.47. The normalized spacial score (nSPS) is 18.5. The minimum Gasteiger partial charge on any atom is -0.473 e. The van der Waals surface area contributed by atoms with E-state index in [1.807, 2.05) is 25.6 Å². The molecule has 0 aliphatic heterocycles. The number of nitrogens with one attached hydrogen (secondary N) is 1. The molecule has 4 aromatic rings. The van der Waals surface area contributed by atoms with Gasteiger partial charge in [0.05, 0.1) is 17.8 Å². The number of anilines is 1. The van der Waals surface area contributed by atoms with Crippen molar-refractivity contribution in [1.82, 2.24) is 34.3 Å². The lowest BCUT2D eigenvalue weighted by molar-refractivity contribution is 0.123. The molecule has 0 unspecified atom stereocenters. The van der Waals surface area contributed by atoms with E-state index in [0.717, 1.165) is 60.2 Å². The van der Waals surface area contributed by atoms with Crippen molar-refractivity contribution in [3.05, 3.63) is 47.1 Å². The molecule has 0 amide bonds. The summed E-state index contributed by atoms with van der Waals surface area (Å²) in [6.45, 7) is 2.87. The van der Waals surface area contributed by atoms with Gasteiger partial charge in [-0.25, -0.2) is 9.67 Å². The maximum absolute atomic E-state index is 11.6. The fourth-order valence-corrected chi connectivity index (χ4v) is 4.47. The van der Waals surface area contributed by atoms with Crippen LogP contribution in [0.5, 0.6) is 5.88 Å². The molecule has 4 heterocycles. The van der Waals surface area contributed by atoms with Crippen molar-refractivity contribution in [2.75, 3.05) is 11.9 Å². The van der Waals surface area contributed by atoms with Crippen LogP contribution in [0.25, 0.3) is 22.2 Å². The number of aromatic nitrogens is 7. The Morgan fingerprint density at radius 1 is 1.12 bits per heavy atom. The number of pyridine rings is 1. The third-order valence-electron chi connectivity index (χ3n) is 6.14. The molecule has 1 aliphatic carbocycles. The van der Waals surface area contributed by atoms with E-state index in [2.05, 4.69) is 38.2 Å². The van der Waals surface area contributed by atoms with Crippen molar-refractivity contribution in [3.63, 3.8) is 0 Å². The molecule has 33 heavy (non-hydrogen) atoms. The van der Waals surface area contributed by atoms with Gasteiger partial charge in [0.25, 0.3) is 5.56 Å². The Kier molecular flexibility index (Phi) is 5.57. The van der Waals surface area contributed by atoms with Crippen molar-refractivity contribution >= 4 is 16.7 Å². The Balaban J connectivity index is 1.40. The van der Waals surface area contributed by atoms with Crippen molar-refractivity contribution in [2.24, 2.45) is 14.1 Å². The first kappa shape index (κ1) is 21.2. The molecule has 1 aliphatic rings. The molecule has 0 bridgehead atoms. The maximum atomic E-state index is 11.6. The zero-order chi connectivity index (χ0) is 22.9. The second kappa shape index (κ2) is 8.68. The molecule has 0 spiro atoms. The maximum Gasteiger partial charge on any atom is 0.266 e. The van der Waals surface area contributed by atoms with Gasteiger partial charge in [0.1, 0.15) is 17.6 Å². The summed E-state index contributed by atoms with van der Waals surface area (Å²) in [4.78, 5) is 16.1. The van der Waals surface area contributed by atoms with Gasteiger partial charge < -0.3 is 10.1 Å². The van der Waals surface area contributed by atoms with Crippen LogP contribution < -0.4 is 15.6 Å². The number of fused-ring (bicyclic) bond motifs is 1. The number of nitrogens with zero attached hydrogens (tertiary/aromatic N) is 7. The zero-order valence-electron chi connectivity index (χ0n) is 19.1. The first-order valence-corrected chi connectivity index (χ1v) is 11.3. The molecule has 5 rings (SSSR count). The summed E-state index contributed by atoms with van der Waals surface area (Å²) < 4.78 is 11.3. The molecule has 1 saturated carbocycles. The largest absolute Gasteiger partial charge is 0.473 e. The van der Waals surface area contributed by atoms with Crippen LogP contribution in [0, 0.1) is 0 Å². The van der Waals surface area contributed by atoms with Gasteiger partial charge in [0, 0.05) is 62.2 Å². The molecule has 1 fully saturated rings. The number of aryl methyl sites for hydroxylation is 2. The average molecular weight is 449 g/mol. The summed E-state index contributed by atoms with van der Waals surface area (Å²) in [5.41, 5.74) is 2.81. The van der Waals surface area contributed by atoms with Crippen molar-refractivity contribution < 1.29 is 4.74 Å². The molecule has 10 heteroatoms. The summed E-state index contributed by atoms with van der Waals surface area (Å²) in [6, 6.07) is 5.48. The number of rotatable bonds is 6. The summed E-state index contributed by atoms with van der Waals surface area (Å²) in [5.74, 6) is 1.34. The molecule has 0 atom stereocenters. The fraction of sp³-hybridized carbons (Fsp3) is 0.435. The highest BCUT2D eigenvalue weighted by Gasteiger charge is 2.27. The second-order valence-corrected chi connectivity index (χ2v) is 8.49. The monoisotopic (exact) mass is 448 g/mol. The van der Waals surface area contributed by atoms with Gasteiger partial charge in [0.2, 0.25) is 5.88 Å². The number of hydrogen-bond donors (Lipinski definition) is 1. The zero-order valence-corrected chi connectivity index (χ0v) is 19.1. The van der Waals surface area contributed by atoms with Crippen molar-refractivity contribution in [2.45, 2.75) is 44.8 Å². The van der Waals surface area contributed by atoms with Crippen LogP contribution in [0.1, 0.15) is 38.6 Å². The molecule has 172 valence electrons. The molecule has 0 aromatic carbocycles. The Bertz CT molecular complexity index is 1330. The van der Waals surface area contributed by atoms with Crippen LogP contribution >= 0.6 is 0 Å². The smallest absolute Gasteiger partial charge is 0.266 e. The molecule has 1 N–H and O–H groups in total. The second-order valence-electron chi connectivity index (χ2n) is 8.49. The van der Waals surface area contributed by atoms with Crippen LogP contribution in [0.15, 0.2) is 41.6 Å². The number of ether oxygens (including phenoxy) is 1. The van der Waals surface area contributed by atoms with Gasteiger partial charge in [0.15, 0.2) is 0 Å². The predicted molar refractivity (Wildman–Crippen MR) is 125 cm³/mol. The van der Waals surface area contributed by atoms with E-state index in [1.165, 1.54) is 10.7 Å². The van der Waals surface area contributed by atoms with Crippen LogP contribution in [0.2, 0.25) is 0 Å². The highest BCUT2D eigenvalue weighted by atomic mass is 16.5. The topological polar surface area (TPSA) is 105 Å². The third kappa shape index (κ3) is 4.20. The van der Waals surface area contributed by atoms with Crippen LogP contribution in [0.3, 0.4) is 0 Å². The highest BCUT2D eigenvalue weighted by Crippen LogP contribution is 2.36. The van der Waals surface area contributed by atoms with Gasteiger partial charge in [-0.05, 0) is 32.6 Å². The Morgan fingerprint density at radius 3 is 2.64 bits per heavy atom. The summed E-state index contributed by atoms with van der Waals surface area (Å²) >= 11 is 0. The van der Waals surface area contributed by atoms with Crippen molar-refractivity contribution in [3.8, 4) is 17.1 Å². The first-order valence-electron chi connectivity index (χ1n) is 11.3. The Morgan fingerprint density at radius 2 is 1.94 bits per heavy atom. The lowest BCUT2D eigenvalue weighted by atomic mass is 9.93. The minimum atomic E-state index is -0.146. The fourth-order valence-electron chi connectivity index (χ4n) is 4.47. The summed E-state index contributed by atoms with van der Waals surface area (Å²) in [5, 5.41) is 17.9. The molecular weight excluding hydrogens is 420 g/mol. The van der Waals surface area contributed by atoms with E-state index >= 15 is 0 Å². The Hall–Kier alpha value is -3.69. The van der Waals surface area contributed by atoms with Crippen molar-refractivity contribution in [1.29, 1.82) is 0 Å². The van der Waals surface area contributed by atoms with E-state index in [0.29, 0.717) is 5.88 Å². The van der Waals surface area contributed by atoms with E-state index < -0.39 is 0 Å². The molecule has 0 saturated heterocycles. The third-order valence-corrected chi connectivity index (χ3v) is 6.14.